The van der Waals surface area contributed by atoms with Gasteiger partial charge in [0.1, 0.15) is 16.7 Å². The summed E-state index contributed by atoms with van der Waals surface area (Å²) in [4.78, 5) is 41.6. The van der Waals surface area contributed by atoms with E-state index < -0.39 is 0 Å². The van der Waals surface area contributed by atoms with Gasteiger partial charge in [-0.2, -0.15) is 0 Å². The third-order valence-electron chi connectivity index (χ3n) is 8.49. The van der Waals surface area contributed by atoms with Gasteiger partial charge in [0.25, 0.3) is 0 Å². The van der Waals surface area contributed by atoms with Gasteiger partial charge in [-0.1, -0.05) is 35.5 Å². The van der Waals surface area contributed by atoms with Gasteiger partial charge >= 0.3 is 6.03 Å². The van der Waals surface area contributed by atoms with Gasteiger partial charge in [-0.15, -0.1) is 0 Å². The zero-order chi connectivity index (χ0) is 30.1. The third-order valence-corrected chi connectivity index (χ3v) is 10.1. The van der Waals surface area contributed by atoms with Crippen LogP contribution in [0.3, 0.4) is 0 Å². The van der Waals surface area contributed by atoms with E-state index in [2.05, 4.69) is 37.4 Å². The number of carbonyl (C=O) groups is 2. The number of benzene rings is 1. The summed E-state index contributed by atoms with van der Waals surface area (Å²) in [7, 11) is 0. The number of nitrogen functional groups attached to an aromatic ring is 2. The fraction of sp³-hybridized carbons (Fsp3) is 0.414. The number of carbonyl (C=O) groups excluding carboxylic acids is 2. The van der Waals surface area contributed by atoms with Gasteiger partial charge in [0, 0.05) is 60.8 Å². The number of pyridine rings is 1. The van der Waals surface area contributed by atoms with Crippen LogP contribution < -0.4 is 31.9 Å². The fourth-order valence-corrected chi connectivity index (χ4v) is 7.13. The predicted molar refractivity (Wildman–Crippen MR) is 166 cm³/mol. The number of urea groups is 1. The van der Waals surface area contributed by atoms with Crippen molar-refractivity contribution in [2.45, 2.75) is 54.8 Å². The van der Waals surface area contributed by atoms with Crippen molar-refractivity contribution in [1.29, 1.82) is 0 Å². The Balaban J connectivity index is 1.08. The first-order chi connectivity index (χ1) is 20.7. The largest absolute Gasteiger partial charge is 0.382 e. The van der Waals surface area contributed by atoms with Gasteiger partial charge in [0.15, 0.2) is 5.82 Å². The van der Waals surface area contributed by atoms with Crippen LogP contribution in [0.1, 0.15) is 31.7 Å². The van der Waals surface area contributed by atoms with E-state index in [0.29, 0.717) is 42.0 Å². The highest BCUT2D eigenvalue weighted by Crippen LogP contribution is 2.43. The molecule has 5 heterocycles. The van der Waals surface area contributed by atoms with Crippen molar-refractivity contribution in [2.24, 2.45) is 5.41 Å². The molecule has 0 saturated carbocycles. The molecule has 0 unspecified atom stereocenters. The number of hydrogen-bond acceptors (Lipinski definition) is 11. The molecule has 3 amide bonds. The van der Waals surface area contributed by atoms with Crippen LogP contribution in [-0.4, -0.2) is 65.3 Å². The molecule has 0 bridgehead atoms. The number of nitrogens with two attached hydrogens (primary N) is 2. The molecule has 2 aromatic heterocycles. The highest BCUT2D eigenvalue weighted by molar-refractivity contribution is 7.99. The maximum Gasteiger partial charge on any atom is 0.328 e. The van der Waals surface area contributed by atoms with Crippen LogP contribution in [0.5, 0.6) is 0 Å². The number of nitrogens with zero attached hydrogens (tertiary/aromatic N) is 5. The highest BCUT2D eigenvalue weighted by atomic mass is 35.5. The summed E-state index contributed by atoms with van der Waals surface area (Å²) in [6.45, 7) is 5.44. The zero-order valence-corrected chi connectivity index (χ0v) is 25.3. The Hall–Kier alpha value is -3.65. The number of anilines is 4. The number of piperidine rings is 1. The van der Waals surface area contributed by atoms with Gasteiger partial charge in [-0.05, 0) is 43.5 Å². The van der Waals surface area contributed by atoms with E-state index in [-0.39, 0.29) is 35.3 Å². The van der Waals surface area contributed by atoms with Gasteiger partial charge in [-0.3, -0.25) is 15.0 Å². The highest BCUT2D eigenvalue weighted by Gasteiger charge is 2.49. The molecule has 1 aromatic carbocycles. The van der Waals surface area contributed by atoms with Crippen molar-refractivity contribution in [3.05, 3.63) is 53.3 Å². The lowest BCUT2D eigenvalue weighted by Gasteiger charge is -2.43. The van der Waals surface area contributed by atoms with Crippen LogP contribution in [-0.2, 0) is 16.1 Å². The molecule has 226 valence electrons. The average Bonchev–Trinajstić information content (AvgIpc) is 3.29. The molecule has 1 spiro atoms. The summed E-state index contributed by atoms with van der Waals surface area (Å²) in [5.41, 5.74) is 14.0. The topological polar surface area (TPSA) is 165 Å². The number of imide groups is 1. The zero-order valence-electron chi connectivity index (χ0n) is 23.8. The molecule has 3 aromatic rings. The quantitative estimate of drug-likeness (QED) is 0.305. The summed E-state index contributed by atoms with van der Waals surface area (Å²) in [6, 6.07) is 9.43. The number of hydrogen-bond donors (Lipinski definition) is 4. The van der Waals surface area contributed by atoms with Gasteiger partial charge in [0.05, 0.1) is 23.9 Å². The minimum absolute atomic E-state index is 0.00651. The van der Waals surface area contributed by atoms with E-state index in [1.165, 1.54) is 11.8 Å². The first-order valence-corrected chi connectivity index (χ1v) is 15.4. The summed E-state index contributed by atoms with van der Waals surface area (Å²) >= 11 is 7.60. The second-order valence-corrected chi connectivity index (χ2v) is 12.6. The van der Waals surface area contributed by atoms with E-state index in [0.717, 1.165) is 47.9 Å². The van der Waals surface area contributed by atoms with Crippen molar-refractivity contribution in [1.82, 2.24) is 25.6 Å². The molecular weight excluding hydrogens is 590 g/mol. The molecule has 0 aliphatic carbocycles. The average molecular weight is 624 g/mol. The summed E-state index contributed by atoms with van der Waals surface area (Å²) in [6.07, 6.45) is 5.57. The third kappa shape index (κ3) is 6.07. The van der Waals surface area contributed by atoms with Crippen LogP contribution in [0.2, 0.25) is 5.02 Å². The van der Waals surface area contributed by atoms with Crippen LogP contribution in [0.15, 0.2) is 52.6 Å². The summed E-state index contributed by atoms with van der Waals surface area (Å²) < 4.78 is 6.19. The monoisotopic (exact) mass is 623 g/mol. The number of aromatic nitrogens is 3. The Morgan fingerprint density at radius 3 is 2.74 bits per heavy atom. The smallest absolute Gasteiger partial charge is 0.328 e. The van der Waals surface area contributed by atoms with Gasteiger partial charge in [0.2, 0.25) is 5.91 Å². The first kappa shape index (κ1) is 29.4. The maximum atomic E-state index is 12.3. The number of rotatable bonds is 7. The van der Waals surface area contributed by atoms with Crippen molar-refractivity contribution in [2.75, 3.05) is 47.5 Å². The SMILES string of the molecule is C[C@@H]1OCC2(CCN(c3cnc(Sc4ccnc(N)c4Cl)c(N)n3)CC2)[C@@H]1NCc1cccc(N2CCC(=O)NC2=O)c1. The number of nitrogens with one attached hydrogen (secondary N) is 2. The van der Waals surface area contributed by atoms with E-state index in [4.69, 9.17) is 27.8 Å². The molecule has 43 heavy (non-hydrogen) atoms. The van der Waals surface area contributed by atoms with Crippen molar-refractivity contribution >= 4 is 58.4 Å². The van der Waals surface area contributed by atoms with E-state index in [9.17, 15) is 9.59 Å². The molecule has 2 atom stereocenters. The van der Waals surface area contributed by atoms with Crippen LogP contribution in [0, 0.1) is 5.41 Å². The van der Waals surface area contributed by atoms with E-state index in [1.807, 2.05) is 24.3 Å². The molecule has 6 N–H and O–H groups in total. The minimum atomic E-state index is -0.381. The Labute approximate surface area is 258 Å². The molecule has 3 saturated heterocycles. The lowest BCUT2D eigenvalue weighted by molar-refractivity contribution is -0.120. The normalized spacial score (nSPS) is 21.8. The Kier molecular flexibility index (Phi) is 8.32. The summed E-state index contributed by atoms with van der Waals surface area (Å²) in [5, 5.41) is 7.09. The van der Waals surface area contributed by atoms with Gasteiger partial charge < -0.3 is 26.4 Å². The number of ether oxygens (including phenoxy) is 1. The molecule has 3 aliphatic heterocycles. The number of amides is 3. The first-order valence-electron chi connectivity index (χ1n) is 14.2. The fourth-order valence-electron chi connectivity index (χ4n) is 6.11. The molecule has 14 heteroatoms. The molecule has 6 rings (SSSR count). The standard InChI is InChI=1S/C29H34ClN9O3S/c1-17-24(34-14-18-3-2-4-19(13-18)39-10-6-22(40)37-28(39)41)29(16-42-17)7-11-38(12-8-29)21-15-35-27(26(32)36-21)43-20-5-9-33-25(31)23(20)30/h2-5,9,13,15,17,24,34H,6-8,10-12,14,16H2,1H3,(H2,31,33)(H2,32,36)(H,37,40,41)/t17-,24+/m0/s1. The Morgan fingerprint density at radius 1 is 1.16 bits per heavy atom. The van der Waals surface area contributed by atoms with Crippen molar-refractivity contribution < 1.29 is 14.3 Å². The second-order valence-electron chi connectivity index (χ2n) is 11.2. The molecule has 3 fully saturated rings. The molecular formula is C29H34ClN9O3S. The van der Waals surface area contributed by atoms with Gasteiger partial charge in [-0.25, -0.2) is 19.7 Å². The molecule has 12 nitrogen and oxygen atoms in total. The lowest BCUT2D eigenvalue weighted by atomic mass is 9.73. The predicted octanol–water partition coefficient (Wildman–Crippen LogP) is 3.45. The second kappa shape index (κ2) is 12.2. The molecule has 3 aliphatic rings. The van der Waals surface area contributed by atoms with Crippen LogP contribution in [0.25, 0.3) is 0 Å². The van der Waals surface area contributed by atoms with Crippen molar-refractivity contribution in [3.8, 4) is 0 Å². The molecule has 0 radical (unpaired) electrons. The Morgan fingerprint density at radius 2 is 1.98 bits per heavy atom. The van der Waals surface area contributed by atoms with Crippen molar-refractivity contribution in [3.63, 3.8) is 0 Å². The van der Waals surface area contributed by atoms with E-state index >= 15 is 0 Å². The lowest BCUT2D eigenvalue weighted by Crippen LogP contribution is -2.52. The van der Waals surface area contributed by atoms with Crippen LogP contribution in [0.4, 0.5) is 27.9 Å². The van der Waals surface area contributed by atoms with Crippen LogP contribution >= 0.6 is 23.4 Å². The van der Waals surface area contributed by atoms with E-state index in [1.54, 1.807) is 23.4 Å². The maximum absolute atomic E-state index is 12.3. The Bertz CT molecular complexity index is 1530. The summed E-state index contributed by atoms with van der Waals surface area (Å²) in [5.74, 6) is 1.10. The minimum Gasteiger partial charge on any atom is -0.382 e. The number of halogens is 1.